The zero-order valence-corrected chi connectivity index (χ0v) is 13.5. The van der Waals surface area contributed by atoms with Crippen LogP contribution in [0.2, 0.25) is 0 Å². The lowest BCUT2D eigenvalue weighted by atomic mass is 10.1. The Bertz CT molecular complexity index is 850. The van der Waals surface area contributed by atoms with Gasteiger partial charge in [0, 0.05) is 18.5 Å². The standard InChI is InChI=1S/C19H19N3O2/c1-14-7-8-17-16(11-14)12-18(21-20-17)19(24)22(9-10-23)13-15-5-3-2-4-6-15/h2-8,11-12,23H,9-10,13H2,1H3. The van der Waals surface area contributed by atoms with E-state index in [1.54, 1.807) is 11.0 Å². The minimum atomic E-state index is -0.233. The van der Waals surface area contributed by atoms with E-state index in [1.165, 1.54) is 0 Å². The van der Waals surface area contributed by atoms with Crippen molar-refractivity contribution in [2.24, 2.45) is 0 Å². The van der Waals surface area contributed by atoms with Crippen molar-refractivity contribution in [3.8, 4) is 0 Å². The van der Waals surface area contributed by atoms with Crippen LogP contribution >= 0.6 is 0 Å². The number of aromatic nitrogens is 2. The quantitative estimate of drug-likeness (QED) is 0.784. The highest BCUT2D eigenvalue weighted by Gasteiger charge is 2.18. The lowest BCUT2D eigenvalue weighted by Crippen LogP contribution is -2.33. The van der Waals surface area contributed by atoms with Crippen LogP contribution in [0, 0.1) is 6.92 Å². The van der Waals surface area contributed by atoms with Crippen LogP contribution < -0.4 is 0 Å². The topological polar surface area (TPSA) is 66.3 Å². The minimum Gasteiger partial charge on any atom is -0.395 e. The Morgan fingerprint density at radius 1 is 1.08 bits per heavy atom. The Balaban J connectivity index is 1.89. The van der Waals surface area contributed by atoms with Crippen molar-refractivity contribution in [3.63, 3.8) is 0 Å². The zero-order valence-electron chi connectivity index (χ0n) is 13.5. The summed E-state index contributed by atoms with van der Waals surface area (Å²) in [6.07, 6.45) is 0. The van der Waals surface area contributed by atoms with Crippen molar-refractivity contribution >= 4 is 16.8 Å². The van der Waals surface area contributed by atoms with E-state index in [-0.39, 0.29) is 24.8 Å². The van der Waals surface area contributed by atoms with E-state index in [1.807, 2.05) is 55.5 Å². The van der Waals surface area contributed by atoms with E-state index in [9.17, 15) is 9.90 Å². The van der Waals surface area contributed by atoms with Crippen molar-refractivity contribution in [2.75, 3.05) is 13.2 Å². The fraction of sp³-hybridized carbons (Fsp3) is 0.211. The number of benzene rings is 2. The molecule has 0 aliphatic carbocycles. The van der Waals surface area contributed by atoms with Gasteiger partial charge >= 0.3 is 0 Å². The molecule has 0 aliphatic heterocycles. The van der Waals surface area contributed by atoms with E-state index in [0.717, 1.165) is 22.0 Å². The molecule has 0 radical (unpaired) electrons. The van der Waals surface area contributed by atoms with Gasteiger partial charge in [-0.25, -0.2) is 0 Å². The molecule has 0 unspecified atom stereocenters. The summed E-state index contributed by atoms with van der Waals surface area (Å²) in [5.41, 5.74) is 3.15. The molecule has 3 aromatic rings. The van der Waals surface area contributed by atoms with E-state index in [0.29, 0.717) is 6.54 Å². The molecule has 1 N–H and O–H groups in total. The second-order valence-corrected chi connectivity index (χ2v) is 5.73. The van der Waals surface area contributed by atoms with E-state index in [4.69, 9.17) is 0 Å². The fourth-order valence-corrected chi connectivity index (χ4v) is 2.61. The Labute approximate surface area is 140 Å². The van der Waals surface area contributed by atoms with Gasteiger partial charge in [0.25, 0.3) is 5.91 Å². The second-order valence-electron chi connectivity index (χ2n) is 5.73. The molecule has 122 valence electrons. The van der Waals surface area contributed by atoms with Crippen LogP contribution in [0.25, 0.3) is 10.9 Å². The number of carbonyl (C=O) groups excluding carboxylic acids is 1. The van der Waals surface area contributed by atoms with Crippen molar-refractivity contribution in [1.29, 1.82) is 0 Å². The SMILES string of the molecule is Cc1ccc2nnc(C(=O)N(CCO)Cc3ccccc3)cc2c1. The maximum absolute atomic E-state index is 12.8. The largest absolute Gasteiger partial charge is 0.395 e. The highest BCUT2D eigenvalue weighted by molar-refractivity contribution is 5.95. The molecule has 1 amide bonds. The van der Waals surface area contributed by atoms with Crippen LogP contribution in [0.4, 0.5) is 0 Å². The summed E-state index contributed by atoms with van der Waals surface area (Å²) in [7, 11) is 0. The zero-order chi connectivity index (χ0) is 16.9. The average Bonchev–Trinajstić information content (AvgIpc) is 2.61. The van der Waals surface area contributed by atoms with Crippen LogP contribution in [0.3, 0.4) is 0 Å². The number of hydrogen-bond acceptors (Lipinski definition) is 4. The Morgan fingerprint density at radius 3 is 2.62 bits per heavy atom. The number of nitrogens with zero attached hydrogens (tertiary/aromatic N) is 3. The van der Waals surface area contributed by atoms with Gasteiger partial charge in [-0.15, -0.1) is 10.2 Å². The Morgan fingerprint density at radius 2 is 1.88 bits per heavy atom. The van der Waals surface area contributed by atoms with Crippen molar-refractivity contribution in [2.45, 2.75) is 13.5 Å². The van der Waals surface area contributed by atoms with Gasteiger partial charge in [0.2, 0.25) is 0 Å². The van der Waals surface area contributed by atoms with Crippen LogP contribution in [-0.4, -0.2) is 39.3 Å². The van der Waals surface area contributed by atoms with Crippen LogP contribution in [0.5, 0.6) is 0 Å². The number of hydrogen-bond donors (Lipinski definition) is 1. The lowest BCUT2D eigenvalue weighted by molar-refractivity contribution is 0.0701. The highest BCUT2D eigenvalue weighted by Crippen LogP contribution is 2.15. The predicted molar refractivity (Wildman–Crippen MR) is 92.5 cm³/mol. The summed E-state index contributed by atoms with van der Waals surface area (Å²) in [6.45, 7) is 2.57. The third-order valence-corrected chi connectivity index (χ3v) is 3.83. The number of aryl methyl sites for hydroxylation is 1. The normalized spacial score (nSPS) is 10.8. The van der Waals surface area contributed by atoms with Gasteiger partial charge in [-0.05, 0) is 30.7 Å². The third kappa shape index (κ3) is 3.58. The first-order valence-electron chi connectivity index (χ1n) is 7.85. The number of fused-ring (bicyclic) bond motifs is 1. The van der Waals surface area contributed by atoms with Gasteiger partial charge in [-0.3, -0.25) is 4.79 Å². The lowest BCUT2D eigenvalue weighted by Gasteiger charge is -2.21. The van der Waals surface area contributed by atoms with Gasteiger partial charge in [0.1, 0.15) is 0 Å². The molecule has 3 rings (SSSR count). The number of carbonyl (C=O) groups is 1. The maximum atomic E-state index is 12.8. The van der Waals surface area contributed by atoms with Crippen molar-refractivity contribution in [3.05, 3.63) is 71.4 Å². The van der Waals surface area contributed by atoms with Crippen LogP contribution in [0.1, 0.15) is 21.6 Å². The van der Waals surface area contributed by atoms with Crippen LogP contribution in [0.15, 0.2) is 54.6 Å². The summed E-state index contributed by atoms with van der Waals surface area (Å²) in [5.74, 6) is -0.233. The fourth-order valence-electron chi connectivity index (χ4n) is 2.61. The first-order valence-corrected chi connectivity index (χ1v) is 7.85. The van der Waals surface area contributed by atoms with Crippen molar-refractivity contribution in [1.82, 2.24) is 15.1 Å². The Hall–Kier alpha value is -2.79. The molecule has 0 atom stereocenters. The molecule has 5 nitrogen and oxygen atoms in total. The molecule has 1 aromatic heterocycles. The second kappa shape index (κ2) is 7.19. The van der Waals surface area contributed by atoms with Gasteiger partial charge in [-0.2, -0.15) is 0 Å². The maximum Gasteiger partial charge on any atom is 0.274 e. The highest BCUT2D eigenvalue weighted by atomic mass is 16.3. The summed E-state index contributed by atoms with van der Waals surface area (Å²) < 4.78 is 0. The van der Waals surface area contributed by atoms with Crippen LogP contribution in [-0.2, 0) is 6.54 Å². The number of amides is 1. The van der Waals surface area contributed by atoms with E-state index in [2.05, 4.69) is 10.2 Å². The summed E-state index contributed by atoms with van der Waals surface area (Å²) in [6, 6.07) is 17.3. The monoisotopic (exact) mass is 321 g/mol. The summed E-state index contributed by atoms with van der Waals surface area (Å²) in [4.78, 5) is 14.4. The molecule has 0 spiro atoms. The summed E-state index contributed by atoms with van der Waals surface area (Å²) >= 11 is 0. The molecule has 0 fully saturated rings. The molecule has 0 saturated heterocycles. The number of aliphatic hydroxyl groups is 1. The molecular formula is C19H19N3O2. The molecule has 24 heavy (non-hydrogen) atoms. The molecule has 1 heterocycles. The predicted octanol–water partition coefficient (Wildman–Crippen LogP) is 2.57. The smallest absolute Gasteiger partial charge is 0.274 e. The molecule has 5 heteroatoms. The number of rotatable bonds is 5. The van der Waals surface area contributed by atoms with E-state index >= 15 is 0 Å². The van der Waals surface area contributed by atoms with E-state index < -0.39 is 0 Å². The van der Waals surface area contributed by atoms with Crippen molar-refractivity contribution < 1.29 is 9.90 Å². The third-order valence-electron chi connectivity index (χ3n) is 3.83. The molecule has 0 bridgehead atoms. The van der Waals surface area contributed by atoms with Gasteiger partial charge < -0.3 is 10.0 Å². The summed E-state index contributed by atoms with van der Waals surface area (Å²) in [5, 5.41) is 18.4. The molecular weight excluding hydrogens is 302 g/mol. The molecule has 2 aromatic carbocycles. The first-order chi connectivity index (χ1) is 11.7. The average molecular weight is 321 g/mol. The van der Waals surface area contributed by atoms with Gasteiger partial charge in [-0.1, -0.05) is 42.0 Å². The molecule has 0 saturated carbocycles. The minimum absolute atomic E-state index is 0.0985. The first kappa shape index (κ1) is 16.1. The number of aliphatic hydroxyl groups excluding tert-OH is 1. The Kier molecular flexibility index (Phi) is 4.82. The van der Waals surface area contributed by atoms with Gasteiger partial charge in [0.15, 0.2) is 5.69 Å². The van der Waals surface area contributed by atoms with Gasteiger partial charge in [0.05, 0.1) is 12.1 Å². The molecule has 0 aliphatic rings.